The first-order valence-corrected chi connectivity index (χ1v) is 11.3. The second kappa shape index (κ2) is 10.1. The van der Waals surface area contributed by atoms with Gasteiger partial charge in [0.1, 0.15) is 5.75 Å². The van der Waals surface area contributed by atoms with Crippen LogP contribution in [-0.2, 0) is 0 Å². The number of hydrogen-bond donors (Lipinski definition) is 1. The van der Waals surface area contributed by atoms with Crippen LogP contribution >= 0.6 is 11.6 Å². The summed E-state index contributed by atoms with van der Waals surface area (Å²) in [7, 11) is 3.09. The third kappa shape index (κ3) is 4.71. The van der Waals surface area contributed by atoms with Crippen molar-refractivity contribution in [3.63, 3.8) is 0 Å². The zero-order chi connectivity index (χ0) is 25.1. The molecular weight excluding hydrogens is 483 g/mol. The lowest BCUT2D eigenvalue weighted by molar-refractivity contribution is 0.355. The van der Waals surface area contributed by atoms with Crippen molar-refractivity contribution in [2.45, 2.75) is 0 Å². The number of anilines is 2. The lowest BCUT2D eigenvalue weighted by Gasteiger charge is -2.13. The van der Waals surface area contributed by atoms with E-state index in [9.17, 15) is 0 Å². The molecule has 2 aromatic heterocycles. The van der Waals surface area contributed by atoms with E-state index in [0.717, 1.165) is 0 Å². The number of methoxy groups -OCH3 is 2. The second-order valence-corrected chi connectivity index (χ2v) is 8.10. The smallest absolute Gasteiger partial charge is 0.166 e. The topological polar surface area (TPSA) is 78.4 Å². The van der Waals surface area contributed by atoms with Crippen molar-refractivity contribution in [1.82, 2.24) is 15.2 Å². The van der Waals surface area contributed by atoms with Crippen LogP contribution in [0.25, 0.3) is 22.2 Å². The number of fused-ring (bicyclic) bond motifs is 1. The van der Waals surface area contributed by atoms with Crippen LogP contribution in [0.4, 0.5) is 15.9 Å². The van der Waals surface area contributed by atoms with Gasteiger partial charge >= 0.3 is 0 Å². The van der Waals surface area contributed by atoms with Gasteiger partial charge in [-0.25, -0.2) is 4.39 Å². The Morgan fingerprint density at radius 1 is 0.806 bits per heavy atom. The third-order valence-electron chi connectivity index (χ3n) is 5.46. The Labute approximate surface area is 211 Å². The first-order valence-electron chi connectivity index (χ1n) is 10.9. The summed E-state index contributed by atoms with van der Waals surface area (Å²) in [6, 6.07) is 20.6. The van der Waals surface area contributed by atoms with Crippen LogP contribution in [0.15, 0.2) is 79.0 Å². The van der Waals surface area contributed by atoms with Crippen molar-refractivity contribution >= 4 is 34.0 Å². The molecule has 0 spiro atoms. The molecule has 5 rings (SSSR count). The Morgan fingerprint density at radius 2 is 1.61 bits per heavy atom. The van der Waals surface area contributed by atoms with Crippen molar-refractivity contribution in [2.75, 3.05) is 19.5 Å². The fraction of sp³-hybridized carbons (Fsp3) is 0.0741. The average Bonchev–Trinajstić information content (AvgIpc) is 2.91. The van der Waals surface area contributed by atoms with Crippen LogP contribution in [-0.4, -0.2) is 29.4 Å². The monoisotopic (exact) mass is 502 g/mol. The zero-order valence-corrected chi connectivity index (χ0v) is 20.1. The van der Waals surface area contributed by atoms with E-state index in [2.05, 4.69) is 20.5 Å². The van der Waals surface area contributed by atoms with E-state index in [0.29, 0.717) is 55.9 Å². The molecule has 0 saturated carbocycles. The minimum atomic E-state index is -0.544. The molecule has 0 aliphatic carbocycles. The average molecular weight is 503 g/mol. The maximum absolute atomic E-state index is 15.0. The fourth-order valence-corrected chi connectivity index (χ4v) is 3.83. The molecular formula is C27H20ClFN4O3. The molecule has 0 aliphatic heterocycles. The number of para-hydroxylation sites is 1. The number of rotatable bonds is 7. The van der Waals surface area contributed by atoms with Gasteiger partial charge < -0.3 is 19.5 Å². The van der Waals surface area contributed by atoms with Gasteiger partial charge in [-0.3, -0.25) is 4.98 Å². The Balaban J connectivity index is 1.38. The Kier molecular flexibility index (Phi) is 6.51. The molecule has 5 aromatic rings. The number of nitrogens with zero attached hydrogens (tertiary/aromatic N) is 3. The first kappa shape index (κ1) is 23.3. The molecule has 3 aromatic carbocycles. The van der Waals surface area contributed by atoms with Gasteiger partial charge in [-0.2, -0.15) is 0 Å². The van der Waals surface area contributed by atoms with Gasteiger partial charge in [-0.1, -0.05) is 23.7 Å². The van der Waals surface area contributed by atoms with E-state index in [4.69, 9.17) is 25.8 Å². The van der Waals surface area contributed by atoms with Crippen LogP contribution in [0.2, 0.25) is 5.02 Å². The van der Waals surface area contributed by atoms with Crippen molar-refractivity contribution in [2.24, 2.45) is 0 Å². The minimum Gasteiger partial charge on any atom is -0.493 e. The van der Waals surface area contributed by atoms with E-state index < -0.39 is 5.82 Å². The number of halogens is 2. The Bertz CT molecular complexity index is 1550. The summed E-state index contributed by atoms with van der Waals surface area (Å²) in [5.74, 6) is 1.53. The van der Waals surface area contributed by atoms with E-state index in [-0.39, 0.29) is 5.75 Å². The summed E-state index contributed by atoms with van der Waals surface area (Å²) >= 11 is 6.17. The zero-order valence-electron chi connectivity index (χ0n) is 19.3. The van der Waals surface area contributed by atoms with Gasteiger partial charge in [0.2, 0.25) is 0 Å². The Hall–Kier alpha value is -4.43. The first-order chi connectivity index (χ1) is 17.6. The highest BCUT2D eigenvalue weighted by Gasteiger charge is 2.14. The van der Waals surface area contributed by atoms with Gasteiger partial charge in [-0.05, 0) is 54.6 Å². The summed E-state index contributed by atoms with van der Waals surface area (Å²) in [6.07, 6.45) is 1.59. The standard InChI is InChI=1S/C27H20ClFN4O3/c1-34-25-14-17-22(15-26(25)35-2)30-12-11-23(17)36-24-9-7-16(13-19(24)29)20-8-10-27(33-32-20)31-21-6-4-3-5-18(21)28/h3-15H,1-2H3,(H,31,33). The van der Waals surface area contributed by atoms with E-state index in [1.54, 1.807) is 68.9 Å². The van der Waals surface area contributed by atoms with Crippen LogP contribution in [0, 0.1) is 5.82 Å². The van der Waals surface area contributed by atoms with Crippen LogP contribution in [0.1, 0.15) is 0 Å². The molecule has 0 aliphatic rings. The predicted molar refractivity (Wildman–Crippen MR) is 137 cm³/mol. The molecule has 0 saturated heterocycles. The number of aromatic nitrogens is 3. The van der Waals surface area contributed by atoms with Crippen molar-refractivity contribution in [1.29, 1.82) is 0 Å². The van der Waals surface area contributed by atoms with Crippen molar-refractivity contribution < 1.29 is 18.6 Å². The maximum atomic E-state index is 15.0. The molecule has 0 amide bonds. The van der Waals surface area contributed by atoms with Gasteiger partial charge in [0.15, 0.2) is 28.9 Å². The Morgan fingerprint density at radius 3 is 2.33 bits per heavy atom. The summed E-state index contributed by atoms with van der Waals surface area (Å²) in [5.41, 5.74) is 2.41. The molecule has 180 valence electrons. The second-order valence-electron chi connectivity index (χ2n) is 7.69. The largest absolute Gasteiger partial charge is 0.493 e. The van der Waals surface area contributed by atoms with Crippen LogP contribution in [0.5, 0.6) is 23.0 Å². The summed E-state index contributed by atoms with van der Waals surface area (Å²) in [4.78, 5) is 4.34. The molecule has 0 bridgehead atoms. The molecule has 0 radical (unpaired) electrons. The van der Waals surface area contributed by atoms with Gasteiger partial charge in [0.25, 0.3) is 0 Å². The predicted octanol–water partition coefficient (Wildman–Crippen LogP) is 7.04. The van der Waals surface area contributed by atoms with Crippen LogP contribution < -0.4 is 19.5 Å². The quantitative estimate of drug-likeness (QED) is 0.256. The lowest BCUT2D eigenvalue weighted by atomic mass is 10.1. The summed E-state index contributed by atoms with van der Waals surface area (Å²) < 4.78 is 31.7. The molecule has 7 nitrogen and oxygen atoms in total. The highest BCUT2D eigenvalue weighted by molar-refractivity contribution is 6.33. The summed E-state index contributed by atoms with van der Waals surface area (Å²) in [5, 5.41) is 12.7. The number of ether oxygens (including phenoxy) is 3. The molecule has 2 heterocycles. The molecule has 0 unspecified atom stereocenters. The van der Waals surface area contributed by atoms with E-state index in [1.165, 1.54) is 6.07 Å². The van der Waals surface area contributed by atoms with Gasteiger partial charge in [0.05, 0.1) is 36.1 Å². The normalized spacial score (nSPS) is 10.8. The highest BCUT2D eigenvalue weighted by atomic mass is 35.5. The van der Waals surface area contributed by atoms with Gasteiger partial charge in [0, 0.05) is 23.2 Å². The number of hydrogen-bond acceptors (Lipinski definition) is 7. The lowest BCUT2D eigenvalue weighted by Crippen LogP contribution is -1.97. The number of pyridine rings is 1. The molecule has 9 heteroatoms. The minimum absolute atomic E-state index is 0.0611. The molecule has 0 fully saturated rings. The molecule has 0 atom stereocenters. The number of nitrogens with one attached hydrogen (secondary N) is 1. The van der Waals surface area contributed by atoms with E-state index >= 15 is 4.39 Å². The maximum Gasteiger partial charge on any atom is 0.166 e. The van der Waals surface area contributed by atoms with E-state index in [1.807, 2.05) is 18.2 Å². The van der Waals surface area contributed by atoms with Gasteiger partial charge in [-0.15, -0.1) is 10.2 Å². The molecule has 36 heavy (non-hydrogen) atoms. The van der Waals surface area contributed by atoms with Crippen LogP contribution in [0.3, 0.4) is 0 Å². The van der Waals surface area contributed by atoms with Crippen molar-refractivity contribution in [3.8, 4) is 34.3 Å². The van der Waals surface area contributed by atoms with Crippen molar-refractivity contribution in [3.05, 3.63) is 89.8 Å². The SMILES string of the molecule is COc1cc2nccc(Oc3ccc(-c4ccc(Nc5ccccc5Cl)nn4)cc3F)c2cc1OC. The summed E-state index contributed by atoms with van der Waals surface area (Å²) in [6.45, 7) is 0. The third-order valence-corrected chi connectivity index (χ3v) is 5.79. The molecule has 1 N–H and O–H groups in total. The fourth-order valence-electron chi connectivity index (χ4n) is 3.65. The highest BCUT2D eigenvalue weighted by Crippen LogP contribution is 2.37. The number of benzene rings is 3.